The van der Waals surface area contributed by atoms with E-state index < -0.39 is 11.6 Å². The topological polar surface area (TPSA) is 12.0 Å². The third-order valence-electron chi connectivity index (χ3n) is 2.54. The highest BCUT2D eigenvalue weighted by Gasteiger charge is 2.08. The molecule has 0 aliphatic carbocycles. The summed E-state index contributed by atoms with van der Waals surface area (Å²) in [6.45, 7) is 6.68. The van der Waals surface area contributed by atoms with Crippen molar-refractivity contribution in [2.45, 2.75) is 32.2 Å². The first kappa shape index (κ1) is 13.8. The van der Waals surface area contributed by atoms with E-state index in [-0.39, 0.29) is 6.04 Å². The fourth-order valence-corrected chi connectivity index (χ4v) is 1.80. The van der Waals surface area contributed by atoms with E-state index in [2.05, 4.69) is 18.8 Å². The van der Waals surface area contributed by atoms with E-state index in [9.17, 15) is 8.78 Å². The zero-order valence-corrected chi connectivity index (χ0v) is 10.2. The summed E-state index contributed by atoms with van der Waals surface area (Å²) in [4.78, 5) is 0. The van der Waals surface area contributed by atoms with Gasteiger partial charge in [0.1, 0.15) is 11.6 Å². The first-order valence-corrected chi connectivity index (χ1v) is 5.95. The van der Waals surface area contributed by atoms with Crippen LogP contribution in [0.25, 0.3) is 0 Å². The lowest BCUT2D eigenvalue weighted by molar-refractivity contribution is 0.507. The SMILES string of the molecule is C=CCC(Cc1cc(F)cc(F)c1)NCCC. The minimum Gasteiger partial charge on any atom is -0.313 e. The van der Waals surface area contributed by atoms with Crippen molar-refractivity contribution in [2.75, 3.05) is 6.54 Å². The number of benzene rings is 1. The van der Waals surface area contributed by atoms with Gasteiger partial charge in [-0.2, -0.15) is 0 Å². The number of hydrogen-bond acceptors (Lipinski definition) is 1. The minimum atomic E-state index is -0.521. The van der Waals surface area contributed by atoms with Gasteiger partial charge >= 0.3 is 0 Å². The Kier molecular flexibility index (Phi) is 5.84. The van der Waals surface area contributed by atoms with E-state index in [0.29, 0.717) is 12.0 Å². The molecule has 0 aliphatic rings. The Hall–Kier alpha value is -1.22. The van der Waals surface area contributed by atoms with Crippen LogP contribution in [0.4, 0.5) is 8.78 Å². The molecule has 0 aromatic heterocycles. The second-order valence-electron chi connectivity index (χ2n) is 4.16. The standard InChI is InChI=1S/C14H19F2N/c1-3-5-14(17-6-4-2)9-11-7-12(15)10-13(16)8-11/h3,7-8,10,14,17H,1,4-6,9H2,2H3. The molecule has 1 rings (SSSR count). The van der Waals surface area contributed by atoms with Crippen molar-refractivity contribution in [3.8, 4) is 0 Å². The van der Waals surface area contributed by atoms with Gasteiger partial charge in [-0.05, 0) is 43.5 Å². The molecular formula is C14H19F2N. The minimum absolute atomic E-state index is 0.189. The van der Waals surface area contributed by atoms with Gasteiger partial charge in [0.2, 0.25) is 0 Å². The molecule has 0 fully saturated rings. The van der Waals surface area contributed by atoms with Crippen LogP contribution < -0.4 is 5.32 Å². The first-order valence-electron chi connectivity index (χ1n) is 5.95. The molecule has 0 saturated carbocycles. The summed E-state index contributed by atoms with van der Waals surface area (Å²) in [7, 11) is 0. The van der Waals surface area contributed by atoms with Crippen LogP contribution in [0.3, 0.4) is 0 Å². The van der Waals surface area contributed by atoms with Crippen LogP contribution in [0, 0.1) is 11.6 Å². The first-order chi connectivity index (χ1) is 8.15. The molecule has 1 N–H and O–H groups in total. The van der Waals surface area contributed by atoms with Gasteiger partial charge in [0.05, 0.1) is 0 Å². The Morgan fingerprint density at radius 3 is 2.47 bits per heavy atom. The highest BCUT2D eigenvalue weighted by molar-refractivity contribution is 5.19. The highest BCUT2D eigenvalue weighted by Crippen LogP contribution is 2.11. The van der Waals surface area contributed by atoms with Crippen molar-refractivity contribution in [1.29, 1.82) is 0 Å². The van der Waals surface area contributed by atoms with Gasteiger partial charge in [0, 0.05) is 12.1 Å². The van der Waals surface area contributed by atoms with Crippen LogP contribution in [-0.2, 0) is 6.42 Å². The normalized spacial score (nSPS) is 12.4. The molecular weight excluding hydrogens is 220 g/mol. The molecule has 0 spiro atoms. The van der Waals surface area contributed by atoms with Crippen molar-refractivity contribution in [3.63, 3.8) is 0 Å². The van der Waals surface area contributed by atoms with E-state index in [1.165, 1.54) is 12.1 Å². The Morgan fingerprint density at radius 2 is 1.94 bits per heavy atom. The monoisotopic (exact) mass is 239 g/mol. The zero-order chi connectivity index (χ0) is 12.7. The number of halogens is 2. The molecule has 3 heteroatoms. The molecule has 17 heavy (non-hydrogen) atoms. The molecule has 1 aromatic rings. The maximum Gasteiger partial charge on any atom is 0.126 e. The van der Waals surface area contributed by atoms with Crippen molar-refractivity contribution in [3.05, 3.63) is 48.1 Å². The van der Waals surface area contributed by atoms with Gasteiger partial charge in [-0.1, -0.05) is 13.0 Å². The molecule has 0 saturated heterocycles. The van der Waals surface area contributed by atoms with Gasteiger partial charge in [-0.25, -0.2) is 8.78 Å². The van der Waals surface area contributed by atoms with E-state index in [1.807, 2.05) is 6.08 Å². The quantitative estimate of drug-likeness (QED) is 0.719. The molecule has 94 valence electrons. The smallest absolute Gasteiger partial charge is 0.126 e. The second kappa shape index (κ2) is 7.17. The van der Waals surface area contributed by atoms with E-state index >= 15 is 0 Å². The maximum absolute atomic E-state index is 13.0. The molecule has 0 aliphatic heterocycles. The Balaban J connectivity index is 2.67. The lowest BCUT2D eigenvalue weighted by atomic mass is 10.0. The average molecular weight is 239 g/mol. The third kappa shape index (κ3) is 5.09. The summed E-state index contributed by atoms with van der Waals surface area (Å²) in [5.74, 6) is -1.04. The van der Waals surface area contributed by atoms with E-state index in [4.69, 9.17) is 0 Å². The van der Waals surface area contributed by atoms with Crippen LogP contribution in [0.5, 0.6) is 0 Å². The largest absolute Gasteiger partial charge is 0.313 e. The predicted molar refractivity (Wildman–Crippen MR) is 67.0 cm³/mol. The molecule has 0 amide bonds. The third-order valence-corrected chi connectivity index (χ3v) is 2.54. The summed E-state index contributed by atoms with van der Waals surface area (Å²) in [6, 6.07) is 3.85. The van der Waals surface area contributed by atoms with Crippen molar-refractivity contribution < 1.29 is 8.78 Å². The zero-order valence-electron chi connectivity index (χ0n) is 10.2. The lowest BCUT2D eigenvalue weighted by Gasteiger charge is -2.16. The fourth-order valence-electron chi connectivity index (χ4n) is 1.80. The van der Waals surface area contributed by atoms with Crippen LogP contribution in [0.1, 0.15) is 25.3 Å². The molecule has 0 radical (unpaired) electrons. The summed E-state index contributed by atoms with van der Waals surface area (Å²) in [5, 5.41) is 3.34. The van der Waals surface area contributed by atoms with Crippen LogP contribution >= 0.6 is 0 Å². The Labute approximate surface area is 102 Å². The Morgan fingerprint density at radius 1 is 1.29 bits per heavy atom. The number of nitrogens with one attached hydrogen (secondary N) is 1. The molecule has 0 bridgehead atoms. The van der Waals surface area contributed by atoms with Crippen LogP contribution in [0.2, 0.25) is 0 Å². The maximum atomic E-state index is 13.0. The second-order valence-corrected chi connectivity index (χ2v) is 4.16. The van der Waals surface area contributed by atoms with Gasteiger partial charge in [-0.15, -0.1) is 6.58 Å². The van der Waals surface area contributed by atoms with Crippen molar-refractivity contribution >= 4 is 0 Å². The van der Waals surface area contributed by atoms with Crippen molar-refractivity contribution in [2.24, 2.45) is 0 Å². The van der Waals surface area contributed by atoms with Gasteiger partial charge < -0.3 is 5.32 Å². The lowest BCUT2D eigenvalue weighted by Crippen LogP contribution is -2.31. The molecule has 1 atom stereocenters. The van der Waals surface area contributed by atoms with Gasteiger partial charge in [0.15, 0.2) is 0 Å². The van der Waals surface area contributed by atoms with E-state index in [0.717, 1.165) is 25.5 Å². The van der Waals surface area contributed by atoms with E-state index in [1.54, 1.807) is 0 Å². The summed E-state index contributed by atoms with van der Waals surface area (Å²) < 4.78 is 26.1. The molecule has 0 heterocycles. The summed E-state index contributed by atoms with van der Waals surface area (Å²) in [6.07, 6.45) is 4.26. The van der Waals surface area contributed by atoms with Gasteiger partial charge in [0.25, 0.3) is 0 Å². The fraction of sp³-hybridized carbons (Fsp3) is 0.429. The molecule has 1 aromatic carbocycles. The van der Waals surface area contributed by atoms with Crippen molar-refractivity contribution in [1.82, 2.24) is 5.32 Å². The van der Waals surface area contributed by atoms with Crippen LogP contribution in [-0.4, -0.2) is 12.6 Å². The predicted octanol–water partition coefficient (Wildman–Crippen LogP) is 3.45. The number of rotatable bonds is 7. The number of hydrogen-bond donors (Lipinski definition) is 1. The van der Waals surface area contributed by atoms with Crippen LogP contribution in [0.15, 0.2) is 30.9 Å². The van der Waals surface area contributed by atoms with Gasteiger partial charge in [-0.3, -0.25) is 0 Å². The average Bonchev–Trinajstić information content (AvgIpc) is 2.24. The summed E-state index contributed by atoms with van der Waals surface area (Å²) in [5.41, 5.74) is 0.679. The highest BCUT2D eigenvalue weighted by atomic mass is 19.1. The molecule has 1 nitrogen and oxygen atoms in total. The summed E-state index contributed by atoms with van der Waals surface area (Å²) >= 11 is 0. The Bertz CT molecular complexity index is 343. The molecule has 1 unspecified atom stereocenters.